The summed E-state index contributed by atoms with van der Waals surface area (Å²) in [4.78, 5) is 0. The van der Waals surface area contributed by atoms with Gasteiger partial charge in [0.1, 0.15) is 8.07 Å². The molecule has 0 unspecified atom stereocenters. The molecule has 0 saturated heterocycles. The van der Waals surface area contributed by atoms with Crippen LogP contribution in [0.25, 0.3) is 0 Å². The highest BCUT2D eigenvalue weighted by Crippen LogP contribution is 2.21. The van der Waals surface area contributed by atoms with E-state index in [-0.39, 0.29) is 0 Å². The summed E-state index contributed by atoms with van der Waals surface area (Å²) in [7, 11) is -1.70. The van der Waals surface area contributed by atoms with Gasteiger partial charge in [0.15, 0.2) is 0 Å². The van der Waals surface area contributed by atoms with Crippen molar-refractivity contribution in [3.05, 3.63) is 42.1 Å². The Bertz CT molecular complexity index is 442. The summed E-state index contributed by atoms with van der Waals surface area (Å²) >= 11 is 0. The van der Waals surface area contributed by atoms with Gasteiger partial charge in [0.05, 0.1) is 12.2 Å². The fraction of sp³-hybridized carbons (Fsp3) is 0.579. The van der Waals surface area contributed by atoms with Gasteiger partial charge in [-0.1, -0.05) is 80.0 Å². The van der Waals surface area contributed by atoms with Crippen LogP contribution in [0.4, 0.5) is 0 Å². The lowest BCUT2D eigenvalue weighted by atomic mass is 10.0. The van der Waals surface area contributed by atoms with Gasteiger partial charge in [0, 0.05) is 0 Å². The van der Waals surface area contributed by atoms with E-state index < -0.39 is 20.3 Å². The Morgan fingerprint density at radius 2 is 1.64 bits per heavy atom. The summed E-state index contributed by atoms with van der Waals surface area (Å²) in [6, 6.07) is 10.5. The molecule has 3 heteroatoms. The highest BCUT2D eigenvalue weighted by Gasteiger charge is 2.27. The second-order valence-electron chi connectivity index (χ2n) is 6.76. The molecule has 0 spiro atoms. The monoisotopic (exact) mass is 320 g/mol. The first-order valence-corrected chi connectivity index (χ1v) is 11.5. The highest BCUT2D eigenvalue weighted by molar-refractivity contribution is 6.95. The summed E-state index contributed by atoms with van der Waals surface area (Å²) < 4.78 is 0. The fourth-order valence-electron chi connectivity index (χ4n) is 2.68. The molecule has 0 aliphatic heterocycles. The summed E-state index contributed by atoms with van der Waals surface area (Å²) in [6.07, 6.45) is 4.10. The summed E-state index contributed by atoms with van der Waals surface area (Å²) in [5.41, 5.74) is 0. The third-order valence-electron chi connectivity index (χ3n) is 4.67. The smallest absolute Gasteiger partial charge is 0.106 e. The predicted octanol–water partition coefficient (Wildman–Crippen LogP) is 3.78. The van der Waals surface area contributed by atoms with E-state index in [1.807, 2.05) is 6.07 Å². The van der Waals surface area contributed by atoms with Gasteiger partial charge in [-0.3, -0.25) is 0 Å². The lowest BCUT2D eigenvalue weighted by Crippen LogP contribution is -2.43. The molecule has 0 bridgehead atoms. The molecule has 0 saturated carbocycles. The van der Waals surface area contributed by atoms with Crippen molar-refractivity contribution < 1.29 is 10.2 Å². The highest BCUT2D eigenvalue weighted by atomic mass is 28.3. The van der Waals surface area contributed by atoms with Gasteiger partial charge in [-0.05, 0) is 19.3 Å². The topological polar surface area (TPSA) is 40.5 Å². The zero-order chi connectivity index (χ0) is 16.6. The molecular formula is C19H32O2Si. The molecule has 22 heavy (non-hydrogen) atoms. The molecule has 2 atom stereocenters. The second-order valence-corrected chi connectivity index (χ2v) is 11.3. The third-order valence-corrected chi connectivity index (χ3v) is 8.46. The summed E-state index contributed by atoms with van der Waals surface area (Å²) in [5, 5.41) is 22.7. The molecule has 0 aliphatic rings. The Morgan fingerprint density at radius 1 is 1.05 bits per heavy atom. The summed E-state index contributed by atoms with van der Waals surface area (Å²) in [6.45, 7) is 11.0. The molecule has 0 heterocycles. The Kier molecular flexibility index (Phi) is 8.08. The van der Waals surface area contributed by atoms with Crippen LogP contribution in [0.15, 0.2) is 42.1 Å². The predicted molar refractivity (Wildman–Crippen MR) is 98.1 cm³/mol. The minimum atomic E-state index is -1.70. The number of benzene rings is 1. The van der Waals surface area contributed by atoms with E-state index in [0.29, 0.717) is 12.8 Å². The number of allylic oxidation sites excluding steroid dienone is 1. The van der Waals surface area contributed by atoms with Crippen LogP contribution in [0.3, 0.4) is 0 Å². The first-order valence-electron chi connectivity index (χ1n) is 8.49. The van der Waals surface area contributed by atoms with Crippen LogP contribution in [0.5, 0.6) is 0 Å². The minimum Gasteiger partial charge on any atom is -0.390 e. The van der Waals surface area contributed by atoms with Gasteiger partial charge in [-0.15, -0.1) is 6.58 Å². The largest absolute Gasteiger partial charge is 0.390 e. The number of hydrogen-bond donors (Lipinski definition) is 2. The van der Waals surface area contributed by atoms with Crippen LogP contribution in [-0.4, -0.2) is 30.5 Å². The Morgan fingerprint density at radius 3 is 2.23 bits per heavy atom. The van der Waals surface area contributed by atoms with E-state index in [4.69, 9.17) is 0 Å². The molecule has 1 aromatic carbocycles. The molecule has 2 nitrogen and oxygen atoms in total. The van der Waals surface area contributed by atoms with Crippen LogP contribution >= 0.6 is 0 Å². The molecule has 0 fully saturated rings. The molecule has 0 aliphatic carbocycles. The van der Waals surface area contributed by atoms with E-state index in [0.717, 1.165) is 25.7 Å². The van der Waals surface area contributed by atoms with Gasteiger partial charge in [-0.2, -0.15) is 0 Å². The fourth-order valence-corrected chi connectivity index (χ4v) is 4.89. The zero-order valence-corrected chi connectivity index (χ0v) is 15.4. The molecule has 0 amide bonds. The van der Waals surface area contributed by atoms with Gasteiger partial charge in [-0.25, -0.2) is 0 Å². The van der Waals surface area contributed by atoms with Gasteiger partial charge < -0.3 is 10.2 Å². The average Bonchev–Trinajstić information content (AvgIpc) is 2.53. The normalized spacial score (nSPS) is 14.6. The number of aliphatic hydroxyl groups is 2. The number of hydrogen-bond acceptors (Lipinski definition) is 2. The van der Waals surface area contributed by atoms with Crippen molar-refractivity contribution in [1.29, 1.82) is 0 Å². The molecule has 0 radical (unpaired) electrons. The Balaban J connectivity index is 2.48. The Hall–Kier alpha value is -0.903. The maximum Gasteiger partial charge on any atom is 0.106 e. The van der Waals surface area contributed by atoms with Crippen molar-refractivity contribution in [1.82, 2.24) is 0 Å². The van der Waals surface area contributed by atoms with Crippen molar-refractivity contribution in [2.45, 2.75) is 70.8 Å². The summed E-state index contributed by atoms with van der Waals surface area (Å²) in [5.74, 6) is 0. The number of unbranched alkanes of at least 4 members (excludes halogenated alkanes) is 2. The zero-order valence-electron chi connectivity index (χ0n) is 14.4. The standard InChI is InChI=1S/C19H32O2Si/c1-5-6-8-13-18(20)19(21)15-14-16(2)22(3,4)17-11-9-7-10-12-17/h7,9-12,18-21H,2,5-6,8,13-15H2,1,3-4H3/t18-,19+/m0/s1. The average molecular weight is 321 g/mol. The van der Waals surface area contributed by atoms with E-state index in [2.05, 4.69) is 50.9 Å². The third kappa shape index (κ3) is 5.71. The van der Waals surface area contributed by atoms with Crippen LogP contribution in [0.1, 0.15) is 45.4 Å². The first kappa shape index (κ1) is 19.1. The quantitative estimate of drug-likeness (QED) is 0.509. The van der Waals surface area contributed by atoms with Crippen LogP contribution in [0, 0.1) is 0 Å². The molecular weight excluding hydrogens is 288 g/mol. The van der Waals surface area contributed by atoms with Crippen LogP contribution in [-0.2, 0) is 0 Å². The molecule has 1 aromatic rings. The minimum absolute atomic E-state index is 0.596. The van der Waals surface area contributed by atoms with E-state index >= 15 is 0 Å². The van der Waals surface area contributed by atoms with Crippen molar-refractivity contribution in [3.63, 3.8) is 0 Å². The Labute approximate surface area is 136 Å². The SMILES string of the molecule is C=C(CC[C@@H](O)[C@@H](O)CCCCC)[Si](C)(C)c1ccccc1. The van der Waals surface area contributed by atoms with Crippen LogP contribution < -0.4 is 5.19 Å². The molecule has 1 rings (SSSR count). The van der Waals surface area contributed by atoms with Gasteiger partial charge in [0.2, 0.25) is 0 Å². The molecule has 124 valence electrons. The lowest BCUT2D eigenvalue weighted by Gasteiger charge is -2.27. The maximum absolute atomic E-state index is 10.1. The van der Waals surface area contributed by atoms with E-state index in [1.165, 1.54) is 10.4 Å². The van der Waals surface area contributed by atoms with Gasteiger partial charge >= 0.3 is 0 Å². The first-order chi connectivity index (χ1) is 10.4. The van der Waals surface area contributed by atoms with E-state index in [1.54, 1.807) is 0 Å². The van der Waals surface area contributed by atoms with Crippen molar-refractivity contribution >= 4 is 13.3 Å². The lowest BCUT2D eigenvalue weighted by molar-refractivity contribution is 0.00902. The number of rotatable bonds is 10. The van der Waals surface area contributed by atoms with Crippen molar-refractivity contribution in [3.8, 4) is 0 Å². The van der Waals surface area contributed by atoms with Crippen molar-refractivity contribution in [2.75, 3.05) is 0 Å². The van der Waals surface area contributed by atoms with Gasteiger partial charge in [0.25, 0.3) is 0 Å². The second kappa shape index (κ2) is 9.28. The molecule has 2 N–H and O–H groups in total. The van der Waals surface area contributed by atoms with Crippen LogP contribution in [0.2, 0.25) is 13.1 Å². The van der Waals surface area contributed by atoms with E-state index in [9.17, 15) is 10.2 Å². The number of aliphatic hydroxyl groups excluding tert-OH is 2. The maximum atomic E-state index is 10.1. The molecule has 0 aromatic heterocycles. The van der Waals surface area contributed by atoms with Crippen molar-refractivity contribution in [2.24, 2.45) is 0 Å².